The Hall–Kier alpha value is -10.1. The zero-order valence-corrected chi connectivity index (χ0v) is 45.9. The van der Waals surface area contributed by atoms with Crippen LogP contribution in [0.15, 0.2) is 285 Å². The molecule has 5 nitrogen and oxygen atoms in total. The Bertz CT molecular complexity index is 6210. The number of pyridine rings is 1. The van der Waals surface area contributed by atoms with E-state index in [0.717, 1.165) is 38.6 Å². The molecule has 0 amide bonds. The maximum Gasteiger partial charge on any atom is 0.269 e. The molecule has 0 unspecified atom stereocenters. The van der Waals surface area contributed by atoms with E-state index in [4.69, 9.17) is 27.5 Å². The van der Waals surface area contributed by atoms with E-state index in [1.165, 1.54) is 53.1 Å². The molecule has 84 heavy (non-hydrogen) atoms. The zero-order chi connectivity index (χ0) is 83.7. The molecule has 0 atom stereocenters. The smallest absolute Gasteiger partial charge is 0.269 e. The second-order valence-electron chi connectivity index (χ2n) is 20.7. The Labute approximate surface area is 536 Å². The average Bonchev–Trinajstić information content (AvgIpc) is 1.26. The molecule has 0 radical (unpaired) electrons. The summed E-state index contributed by atoms with van der Waals surface area (Å²) in [6.45, 7) is 0.175. The summed E-state index contributed by atoms with van der Waals surface area (Å²) in [4.78, 5) is 4.82. The fourth-order valence-electron chi connectivity index (χ4n) is 10.9. The van der Waals surface area contributed by atoms with Gasteiger partial charge in [-0.3, -0.25) is 13.7 Å². The van der Waals surface area contributed by atoms with Gasteiger partial charge in [-0.1, -0.05) is 232 Å². The minimum Gasteiger partial charge on any atom is -0.458 e. The van der Waals surface area contributed by atoms with Gasteiger partial charge in [0, 0.05) is 31.3 Å². The molecule has 0 aliphatic carbocycles. The predicted molar refractivity (Wildman–Crippen MR) is 350 cm³/mol. The highest BCUT2D eigenvalue weighted by Crippen LogP contribution is 2.38. The van der Waals surface area contributed by atoms with Crippen LogP contribution >= 0.6 is 0 Å². The van der Waals surface area contributed by atoms with Crippen molar-refractivity contribution in [2.45, 2.75) is 39.9 Å². The topological polar surface area (TPSA) is 35.9 Å². The van der Waals surface area contributed by atoms with Crippen LogP contribution in [0.3, 0.4) is 0 Å². The minimum absolute atomic E-state index is 0.0453. The molecule has 3 aromatic heterocycles. The third-order valence-electron chi connectivity index (χ3n) is 14.7. The predicted octanol–water partition coefficient (Wildman–Crippen LogP) is 16.3. The van der Waals surface area contributed by atoms with Crippen molar-refractivity contribution in [2.24, 2.45) is 0 Å². The fraction of sp³-hybridized carbons (Fsp3) is 0.0769. The number of ether oxygens (including phenoxy) is 1. The molecule has 6 heteroatoms. The van der Waals surface area contributed by atoms with Gasteiger partial charge in [0.1, 0.15) is 17.3 Å². The number of hydrogen-bond donors (Lipinski definition) is 0. The highest BCUT2D eigenvalue weighted by molar-refractivity contribution is 7.20. The van der Waals surface area contributed by atoms with Gasteiger partial charge in [0.05, 0.1) is 67.7 Å². The Balaban J connectivity index is 1.23. The fourth-order valence-corrected chi connectivity index (χ4v) is 15.0. The van der Waals surface area contributed by atoms with Crippen LogP contribution in [0.4, 0.5) is 0 Å². The molecule has 0 saturated carbocycles. The van der Waals surface area contributed by atoms with Gasteiger partial charge in [-0.25, -0.2) is 4.98 Å². The Morgan fingerprint density at radius 3 is 1.77 bits per heavy atom. The maximum atomic E-state index is 10.2. The molecule has 0 saturated heterocycles. The van der Waals surface area contributed by atoms with E-state index in [2.05, 4.69) is 27.1 Å². The van der Waals surface area contributed by atoms with E-state index in [-0.39, 0.29) is 44.8 Å². The molecule has 14 aromatic rings. The van der Waals surface area contributed by atoms with Crippen molar-refractivity contribution in [1.29, 1.82) is 0 Å². The molecule has 3 heterocycles. The largest absolute Gasteiger partial charge is 0.458 e. The molecule has 14 rings (SSSR count). The summed E-state index contributed by atoms with van der Waals surface area (Å²) in [5, 5.41) is -2.52. The van der Waals surface area contributed by atoms with Crippen LogP contribution in [0.1, 0.15) is 80.0 Å². The number of hydrogen-bond acceptors (Lipinski definition) is 2. The van der Waals surface area contributed by atoms with Crippen LogP contribution in [0.2, 0.25) is 0 Å². The van der Waals surface area contributed by atoms with E-state index in [1.54, 1.807) is 24.4 Å². The highest BCUT2D eigenvalue weighted by atomic mass is 28.3. The lowest BCUT2D eigenvalue weighted by molar-refractivity contribution is -0.570. The van der Waals surface area contributed by atoms with Gasteiger partial charge in [0.2, 0.25) is 0 Å². The van der Waals surface area contributed by atoms with E-state index in [9.17, 15) is 24.7 Å². The average molecular weight is 1130 g/mol. The lowest BCUT2D eigenvalue weighted by Gasteiger charge is -2.37. The summed E-state index contributed by atoms with van der Waals surface area (Å²) in [6.07, 6.45) is 5.00. The van der Waals surface area contributed by atoms with Crippen molar-refractivity contribution in [2.75, 3.05) is 0 Å². The van der Waals surface area contributed by atoms with E-state index in [0.29, 0.717) is 11.3 Å². The lowest BCUT2D eigenvalue weighted by Crippen LogP contribution is -2.76. The standard InChI is InChI=1S/C78H62N4OSi/c1-54-25-23-26-55(2)76(54)58-41-44-71-73(48-58)80(61-31-24-32-62(51-61)83-63-42-43-68-67-39-21-22-40-70(67)82(72(68)52-63)75-50-60(45-46-79-75)78(3,4)5)53-81(71)77-69(57-29-13-7-14-30-57)47-59(56-27-11-6-12-28-56)49-74(77)84(64-33-15-8-16-34-64,65-35-17-9-18-36-65)66-37-19-10-20-38-66/h6-52H,1-5H3/i1D3,2D3,6D,7D,8D,9D,10D,11D,12D,13D,14D,15D,16D,17D,18D,19D,20D,27D,28D,29D,30D,33D,34D,35D,36D,37D,38D. The molecule has 0 aliphatic rings. The maximum absolute atomic E-state index is 10.2. The highest BCUT2D eigenvalue weighted by Gasteiger charge is 2.44. The molecule has 0 spiro atoms. The van der Waals surface area contributed by atoms with Gasteiger partial charge in [0.15, 0.2) is 8.07 Å². The number of para-hydroxylation sites is 1. The molecule has 0 aliphatic heterocycles. The first-order valence-electron chi connectivity index (χ1n) is 41.9. The SMILES string of the molecule is [2H]c1c([2H])c([2H])c(-c2cc(-c3c([2H])c([2H])c([2H])c([2H])c3[2H])c(-[n+]3[c-]n(-c4cccc(Oc5ccc6c7ccccc7n(-c7cc(C(C)(C)C)ccn7)c6c5)c4)c4cc(-c5c(C([2H])([2H])[2H])cccc5C([2H])([2H])[2H])ccc43)c([Si](c3c([2H])c([2H])c([2H])c([2H])c3[2H])(c3c([2H])c([2H])c([2H])c([2H])c3[2H])c3c([2H])c([2H])c([2H])c([2H])c3[2H])c2)c([2H])c1[2H]. The number of aromatic nitrogens is 4. The van der Waals surface area contributed by atoms with Crippen molar-refractivity contribution >= 4 is 61.7 Å². The van der Waals surface area contributed by atoms with Gasteiger partial charge in [0.25, 0.3) is 6.33 Å². The summed E-state index contributed by atoms with van der Waals surface area (Å²) >= 11 is 0. The number of nitrogens with zero attached hydrogens (tertiary/aromatic N) is 4. The third-order valence-corrected chi connectivity index (χ3v) is 18.9. The molecule has 0 bridgehead atoms. The van der Waals surface area contributed by atoms with Crippen LogP contribution in [-0.2, 0) is 5.41 Å². The number of imidazole rings is 1. The second kappa shape index (κ2) is 21.3. The molecule has 0 N–H and O–H groups in total. The summed E-state index contributed by atoms with van der Waals surface area (Å²) in [5.41, 5.74) is -3.23. The van der Waals surface area contributed by atoms with Crippen LogP contribution < -0.4 is 30.1 Å². The van der Waals surface area contributed by atoms with Crippen molar-refractivity contribution in [1.82, 2.24) is 14.1 Å². The van der Waals surface area contributed by atoms with Gasteiger partial charge in [-0.05, 0) is 151 Å². The summed E-state index contributed by atoms with van der Waals surface area (Å²) < 4.78 is 303. The molecular weight excluding hydrogens is 1040 g/mol. The van der Waals surface area contributed by atoms with Crippen LogP contribution in [0.25, 0.3) is 83.4 Å². The van der Waals surface area contributed by atoms with Crippen molar-refractivity contribution in [3.63, 3.8) is 0 Å². The molecular formula is C78H62N4OSi. The van der Waals surface area contributed by atoms with E-state index < -0.39 is 233 Å². The number of fused-ring (bicyclic) bond motifs is 4. The van der Waals surface area contributed by atoms with Crippen molar-refractivity contribution < 1.29 is 51.8 Å². The first kappa shape index (κ1) is 28.2. The lowest BCUT2D eigenvalue weighted by atomic mass is 9.88. The number of rotatable bonds is 12. The van der Waals surface area contributed by atoms with Gasteiger partial charge in [-0.2, -0.15) is 0 Å². The molecule has 404 valence electrons. The minimum atomic E-state index is -6.73. The van der Waals surface area contributed by atoms with Gasteiger partial charge in [-0.15, -0.1) is 0 Å². The number of benzene rings is 11. The first-order valence-corrected chi connectivity index (χ1v) is 28.4. The molecule has 11 aromatic carbocycles. The quantitative estimate of drug-likeness (QED) is 0.0529. The van der Waals surface area contributed by atoms with Gasteiger partial charge < -0.3 is 4.74 Å². The number of aryl methyl sites for hydroxylation is 2. The van der Waals surface area contributed by atoms with Crippen LogP contribution in [-0.4, -0.2) is 22.2 Å². The third kappa shape index (κ3) is 9.12. The van der Waals surface area contributed by atoms with E-state index in [1.807, 2.05) is 53.1 Å². The van der Waals surface area contributed by atoms with Crippen LogP contribution in [0, 0.1) is 20.0 Å². The Kier molecular flexibility index (Phi) is 7.16. The van der Waals surface area contributed by atoms with Crippen molar-refractivity contribution in [3.05, 3.63) is 308 Å². The zero-order valence-electron chi connectivity index (χ0n) is 75.9. The van der Waals surface area contributed by atoms with Crippen molar-refractivity contribution in [3.8, 4) is 62.1 Å². The van der Waals surface area contributed by atoms with Gasteiger partial charge >= 0.3 is 0 Å². The normalized spacial score (nSPS) is 17.4. The Morgan fingerprint density at radius 1 is 0.512 bits per heavy atom. The second-order valence-corrected chi connectivity index (χ2v) is 24.2. The monoisotopic (exact) mass is 1130 g/mol. The van der Waals surface area contributed by atoms with E-state index >= 15 is 0 Å². The molecule has 0 fully saturated rings. The summed E-state index contributed by atoms with van der Waals surface area (Å²) in [6, 6.07) is 4.21. The van der Waals surface area contributed by atoms with Crippen LogP contribution in [0.5, 0.6) is 11.5 Å². The summed E-state index contributed by atoms with van der Waals surface area (Å²) in [5.74, 6) is 0.977. The first-order chi connectivity index (χ1) is 53.9. The summed E-state index contributed by atoms with van der Waals surface area (Å²) in [7, 11) is -6.73. The Morgan fingerprint density at radius 2 is 1.12 bits per heavy atom.